The summed E-state index contributed by atoms with van der Waals surface area (Å²) in [4.78, 5) is 30.6. The van der Waals surface area contributed by atoms with Gasteiger partial charge in [0.05, 0.1) is 13.2 Å². The van der Waals surface area contributed by atoms with Crippen molar-refractivity contribution in [2.75, 3.05) is 7.11 Å². The van der Waals surface area contributed by atoms with E-state index >= 15 is 0 Å². The predicted molar refractivity (Wildman–Crippen MR) is 104 cm³/mol. The van der Waals surface area contributed by atoms with Gasteiger partial charge in [-0.25, -0.2) is 0 Å². The van der Waals surface area contributed by atoms with Crippen molar-refractivity contribution in [1.82, 2.24) is 9.88 Å². The van der Waals surface area contributed by atoms with E-state index in [9.17, 15) is 9.59 Å². The Morgan fingerprint density at radius 1 is 1.33 bits per heavy atom. The molecule has 138 valence electrons. The normalized spacial score (nSPS) is 16.8. The van der Waals surface area contributed by atoms with E-state index in [0.29, 0.717) is 6.42 Å². The quantitative estimate of drug-likeness (QED) is 0.777. The number of pyridine rings is 1. The lowest BCUT2D eigenvalue weighted by atomic mass is 10.00. The highest BCUT2D eigenvalue weighted by molar-refractivity contribution is 6.07. The minimum absolute atomic E-state index is 0.317. The predicted octanol–water partition coefficient (Wildman–Crippen LogP) is 3.78. The Hall–Kier alpha value is -3.21. The number of carbonyl (C=O) groups excluding carboxylic acids is 2. The molecule has 0 N–H and O–H groups in total. The molecule has 5 nitrogen and oxygen atoms in total. The Kier molecular flexibility index (Phi) is 5.50. The molecule has 2 heterocycles. The third kappa shape index (κ3) is 3.97. The van der Waals surface area contributed by atoms with Gasteiger partial charge in [0.25, 0.3) is 11.8 Å². The average molecular weight is 362 g/mol. The smallest absolute Gasteiger partial charge is 0.254 e. The molecule has 2 aromatic rings. The molecule has 1 atom stereocenters. The minimum atomic E-state index is -0.351. The van der Waals surface area contributed by atoms with Crippen LogP contribution in [0.1, 0.15) is 34.7 Å². The fourth-order valence-electron chi connectivity index (χ4n) is 3.17. The van der Waals surface area contributed by atoms with Crippen LogP contribution in [0.3, 0.4) is 0 Å². The van der Waals surface area contributed by atoms with Gasteiger partial charge in [-0.1, -0.05) is 18.2 Å². The Bertz CT molecular complexity index is 917. The highest BCUT2D eigenvalue weighted by Gasteiger charge is 2.30. The van der Waals surface area contributed by atoms with E-state index in [-0.39, 0.29) is 17.9 Å². The lowest BCUT2D eigenvalue weighted by molar-refractivity contribution is -0.142. The highest BCUT2D eigenvalue weighted by atomic mass is 16.5. The van der Waals surface area contributed by atoms with Crippen molar-refractivity contribution in [3.8, 4) is 5.75 Å². The van der Waals surface area contributed by atoms with Crippen LogP contribution in [-0.2, 0) is 9.59 Å². The van der Waals surface area contributed by atoms with Gasteiger partial charge in [-0.15, -0.1) is 0 Å². The molecule has 0 radical (unpaired) electrons. The van der Waals surface area contributed by atoms with Crippen molar-refractivity contribution in [3.63, 3.8) is 0 Å². The van der Waals surface area contributed by atoms with Gasteiger partial charge in [0.15, 0.2) is 0 Å². The number of aryl methyl sites for hydroxylation is 1. The van der Waals surface area contributed by atoms with Crippen LogP contribution >= 0.6 is 0 Å². The lowest BCUT2D eigenvalue weighted by Gasteiger charge is -2.30. The monoisotopic (exact) mass is 362 g/mol. The first-order valence-corrected chi connectivity index (χ1v) is 8.78. The van der Waals surface area contributed by atoms with Crippen LogP contribution < -0.4 is 4.74 Å². The van der Waals surface area contributed by atoms with Crippen molar-refractivity contribution >= 4 is 17.9 Å². The largest absolute Gasteiger partial charge is 0.496 e. The van der Waals surface area contributed by atoms with Gasteiger partial charge >= 0.3 is 0 Å². The van der Waals surface area contributed by atoms with Crippen LogP contribution in [0.15, 0.2) is 54.9 Å². The standard InChI is InChI=1S/C22H22N2O3/c1-15-12-17(13-20(27-3)16(15)2)9-10-22(26)24-19(7-4-8-21(24)25)18-6-5-11-23-14-18/h4-6,8-14,19H,7H2,1-3H3/b10-9+. The third-order valence-electron chi connectivity index (χ3n) is 4.76. The summed E-state index contributed by atoms with van der Waals surface area (Å²) in [5, 5.41) is 0. The Morgan fingerprint density at radius 3 is 2.85 bits per heavy atom. The first kappa shape index (κ1) is 18.6. The average Bonchev–Trinajstić information content (AvgIpc) is 2.69. The Balaban J connectivity index is 1.87. The second-order valence-corrected chi connectivity index (χ2v) is 6.49. The molecular formula is C22H22N2O3. The maximum absolute atomic E-state index is 12.8. The zero-order valence-electron chi connectivity index (χ0n) is 15.7. The number of benzene rings is 1. The fourth-order valence-corrected chi connectivity index (χ4v) is 3.17. The van der Waals surface area contributed by atoms with Crippen molar-refractivity contribution < 1.29 is 14.3 Å². The fraction of sp³-hybridized carbons (Fsp3) is 0.227. The summed E-state index contributed by atoms with van der Waals surface area (Å²) in [6, 6.07) is 7.20. The van der Waals surface area contributed by atoms with Crippen molar-refractivity contribution in [3.05, 3.63) is 77.1 Å². The number of amides is 2. The van der Waals surface area contributed by atoms with E-state index in [4.69, 9.17) is 4.74 Å². The van der Waals surface area contributed by atoms with E-state index in [1.807, 2.05) is 32.0 Å². The van der Waals surface area contributed by atoms with Crippen molar-refractivity contribution in [1.29, 1.82) is 0 Å². The zero-order chi connectivity index (χ0) is 19.4. The molecule has 0 bridgehead atoms. The van der Waals surface area contributed by atoms with E-state index in [2.05, 4.69) is 4.98 Å². The lowest BCUT2D eigenvalue weighted by Crippen LogP contribution is -2.39. The minimum Gasteiger partial charge on any atom is -0.496 e. The van der Waals surface area contributed by atoms with E-state index in [1.54, 1.807) is 37.7 Å². The highest BCUT2D eigenvalue weighted by Crippen LogP contribution is 2.29. The maximum Gasteiger partial charge on any atom is 0.254 e. The SMILES string of the molecule is COc1cc(/C=C/C(=O)N2C(=O)C=CCC2c2cccnc2)cc(C)c1C. The summed E-state index contributed by atoms with van der Waals surface area (Å²) in [7, 11) is 1.62. The Labute approximate surface area is 159 Å². The molecule has 0 saturated carbocycles. The number of imide groups is 1. The third-order valence-corrected chi connectivity index (χ3v) is 4.76. The zero-order valence-corrected chi connectivity index (χ0v) is 15.7. The summed E-state index contributed by atoms with van der Waals surface area (Å²) in [5.74, 6) is 0.102. The summed E-state index contributed by atoms with van der Waals surface area (Å²) in [5.41, 5.74) is 3.83. The molecule has 1 aliphatic rings. The topological polar surface area (TPSA) is 59.5 Å². The molecular weight excluding hydrogens is 340 g/mol. The molecule has 0 saturated heterocycles. The number of methoxy groups -OCH3 is 1. The van der Waals surface area contributed by atoms with E-state index in [1.165, 1.54) is 17.1 Å². The van der Waals surface area contributed by atoms with Crippen molar-refractivity contribution in [2.45, 2.75) is 26.3 Å². The van der Waals surface area contributed by atoms with Gasteiger partial charge < -0.3 is 4.74 Å². The van der Waals surface area contributed by atoms with Crippen LogP contribution in [0, 0.1) is 13.8 Å². The number of hydrogen-bond donors (Lipinski definition) is 0. The molecule has 27 heavy (non-hydrogen) atoms. The molecule has 1 aliphatic heterocycles. The number of ether oxygens (including phenoxy) is 1. The van der Waals surface area contributed by atoms with E-state index < -0.39 is 0 Å². The molecule has 0 spiro atoms. The summed E-state index contributed by atoms with van der Waals surface area (Å²) in [6.07, 6.45) is 10.3. The van der Waals surface area contributed by atoms with Gasteiger partial charge in [-0.2, -0.15) is 0 Å². The number of aromatic nitrogens is 1. The maximum atomic E-state index is 12.8. The summed E-state index contributed by atoms with van der Waals surface area (Å²) < 4.78 is 5.38. The molecule has 3 rings (SSSR count). The first-order chi connectivity index (χ1) is 13.0. The molecule has 5 heteroatoms. The Morgan fingerprint density at radius 2 is 2.15 bits per heavy atom. The van der Waals surface area contributed by atoms with Gasteiger partial charge in [0.2, 0.25) is 0 Å². The molecule has 1 unspecified atom stereocenters. The van der Waals surface area contributed by atoms with Crippen LogP contribution in [0.2, 0.25) is 0 Å². The molecule has 0 aliphatic carbocycles. The van der Waals surface area contributed by atoms with Crippen LogP contribution in [-0.4, -0.2) is 28.8 Å². The molecule has 0 fully saturated rings. The summed E-state index contributed by atoms with van der Waals surface area (Å²) >= 11 is 0. The first-order valence-electron chi connectivity index (χ1n) is 8.78. The van der Waals surface area contributed by atoms with Crippen LogP contribution in [0.4, 0.5) is 0 Å². The molecule has 1 aromatic heterocycles. The van der Waals surface area contributed by atoms with Gasteiger partial charge in [0.1, 0.15) is 5.75 Å². The van der Waals surface area contributed by atoms with Crippen LogP contribution in [0.25, 0.3) is 6.08 Å². The van der Waals surface area contributed by atoms with Gasteiger partial charge in [-0.3, -0.25) is 19.5 Å². The molecule has 1 aromatic carbocycles. The van der Waals surface area contributed by atoms with Gasteiger partial charge in [0, 0.05) is 18.5 Å². The number of nitrogens with zero attached hydrogens (tertiary/aromatic N) is 2. The molecule has 2 amide bonds. The second kappa shape index (κ2) is 7.99. The summed E-state index contributed by atoms with van der Waals surface area (Å²) in [6.45, 7) is 3.98. The van der Waals surface area contributed by atoms with Gasteiger partial charge in [-0.05, 0) is 66.8 Å². The van der Waals surface area contributed by atoms with E-state index in [0.717, 1.165) is 28.0 Å². The second-order valence-electron chi connectivity index (χ2n) is 6.49. The number of carbonyl (C=O) groups is 2. The number of rotatable bonds is 4. The number of hydrogen-bond acceptors (Lipinski definition) is 4. The van der Waals surface area contributed by atoms with Crippen molar-refractivity contribution in [2.24, 2.45) is 0 Å². The van der Waals surface area contributed by atoms with Crippen LogP contribution in [0.5, 0.6) is 5.75 Å².